The minimum absolute atomic E-state index is 0.0248. The Morgan fingerprint density at radius 1 is 1.29 bits per heavy atom. The lowest BCUT2D eigenvalue weighted by atomic mass is 10.1. The van der Waals surface area contributed by atoms with Gasteiger partial charge in [-0.1, -0.05) is 12.1 Å². The number of carbonyl (C=O) groups excluding carboxylic acids is 1. The van der Waals surface area contributed by atoms with Crippen LogP contribution < -0.4 is 5.69 Å². The zero-order valence-electron chi connectivity index (χ0n) is 8.84. The number of benzene rings is 1. The fourth-order valence-electron chi connectivity index (χ4n) is 1.43. The predicted molar refractivity (Wildman–Crippen MR) is 59.2 cm³/mol. The lowest BCUT2D eigenvalue weighted by molar-refractivity contribution is 0.0966. The van der Waals surface area contributed by atoms with Crippen molar-refractivity contribution < 1.29 is 9.18 Å². The average molecular weight is 232 g/mol. The maximum absolute atomic E-state index is 13.3. The van der Waals surface area contributed by atoms with Gasteiger partial charge in [-0.05, 0) is 18.2 Å². The third kappa shape index (κ3) is 2.44. The lowest BCUT2D eigenvalue weighted by Crippen LogP contribution is -2.25. The van der Waals surface area contributed by atoms with Crippen molar-refractivity contribution in [3.8, 4) is 0 Å². The number of nitrogens with zero attached hydrogens (tertiary/aromatic N) is 2. The molecule has 0 N–H and O–H groups in total. The highest BCUT2D eigenvalue weighted by molar-refractivity contribution is 5.96. The molecule has 0 aliphatic carbocycles. The Labute approximate surface area is 96.4 Å². The Hall–Kier alpha value is -2.30. The first-order valence-electron chi connectivity index (χ1n) is 4.97. The lowest BCUT2D eigenvalue weighted by Gasteiger charge is -2.04. The van der Waals surface area contributed by atoms with Crippen LogP contribution in [0.25, 0.3) is 0 Å². The van der Waals surface area contributed by atoms with Gasteiger partial charge in [0.05, 0.1) is 12.1 Å². The molecule has 0 amide bonds. The first kappa shape index (κ1) is 11.2. The second-order valence-corrected chi connectivity index (χ2v) is 3.43. The summed E-state index contributed by atoms with van der Waals surface area (Å²) in [7, 11) is 0. The molecule has 1 heterocycles. The van der Waals surface area contributed by atoms with Gasteiger partial charge in [0.2, 0.25) is 0 Å². The summed E-state index contributed by atoms with van der Waals surface area (Å²) in [5.74, 6) is -1.05. The molecule has 0 radical (unpaired) electrons. The van der Waals surface area contributed by atoms with Crippen LogP contribution in [0.5, 0.6) is 0 Å². The van der Waals surface area contributed by atoms with Crippen molar-refractivity contribution in [1.29, 1.82) is 0 Å². The average Bonchev–Trinajstić information content (AvgIpc) is 2.32. The minimum atomic E-state index is -0.588. The monoisotopic (exact) mass is 232 g/mol. The summed E-state index contributed by atoms with van der Waals surface area (Å²) in [6.07, 6.45) is 2.78. The van der Waals surface area contributed by atoms with Gasteiger partial charge in [0.25, 0.3) is 0 Å². The van der Waals surface area contributed by atoms with E-state index in [1.54, 1.807) is 6.07 Å². The molecule has 0 aliphatic rings. The van der Waals surface area contributed by atoms with Gasteiger partial charge >= 0.3 is 5.69 Å². The van der Waals surface area contributed by atoms with Crippen LogP contribution >= 0.6 is 0 Å². The molecule has 0 fully saturated rings. The standard InChI is InChI=1S/C12H9FN2O2/c13-10-5-2-1-4-9(10)11(16)8-15-7-3-6-14-12(15)17/h1-7H,8H2. The van der Waals surface area contributed by atoms with Crippen LogP contribution in [0.1, 0.15) is 10.4 Å². The van der Waals surface area contributed by atoms with E-state index < -0.39 is 17.3 Å². The molecule has 5 heteroatoms. The number of carbonyl (C=O) groups is 1. The molecule has 0 aliphatic heterocycles. The Kier molecular flexibility index (Phi) is 3.09. The van der Waals surface area contributed by atoms with E-state index in [9.17, 15) is 14.0 Å². The topological polar surface area (TPSA) is 52.0 Å². The van der Waals surface area contributed by atoms with E-state index in [0.717, 1.165) is 4.57 Å². The fraction of sp³-hybridized carbons (Fsp3) is 0.0833. The highest BCUT2D eigenvalue weighted by Gasteiger charge is 2.11. The number of hydrogen-bond donors (Lipinski definition) is 0. The van der Waals surface area contributed by atoms with Crippen LogP contribution in [0.2, 0.25) is 0 Å². The molecule has 0 atom stereocenters. The van der Waals surface area contributed by atoms with E-state index >= 15 is 0 Å². The Morgan fingerprint density at radius 3 is 2.76 bits per heavy atom. The molecular weight excluding hydrogens is 223 g/mol. The van der Waals surface area contributed by atoms with Gasteiger partial charge in [0.1, 0.15) is 5.82 Å². The van der Waals surface area contributed by atoms with E-state index in [4.69, 9.17) is 0 Å². The minimum Gasteiger partial charge on any atom is -0.292 e. The van der Waals surface area contributed by atoms with Crippen LogP contribution in [-0.4, -0.2) is 15.3 Å². The first-order valence-corrected chi connectivity index (χ1v) is 4.97. The molecule has 17 heavy (non-hydrogen) atoms. The third-order valence-electron chi connectivity index (χ3n) is 2.27. The molecule has 0 saturated heterocycles. The molecule has 0 unspecified atom stereocenters. The maximum atomic E-state index is 13.3. The summed E-state index contributed by atoms with van der Waals surface area (Å²) in [6.45, 7) is -0.215. The number of halogens is 1. The summed E-state index contributed by atoms with van der Waals surface area (Å²) in [5.41, 5.74) is -0.555. The van der Waals surface area contributed by atoms with Crippen LogP contribution in [-0.2, 0) is 6.54 Å². The summed E-state index contributed by atoms with van der Waals surface area (Å²) in [5, 5.41) is 0. The molecule has 4 nitrogen and oxygen atoms in total. The van der Waals surface area contributed by atoms with Crippen molar-refractivity contribution in [2.75, 3.05) is 0 Å². The van der Waals surface area contributed by atoms with Crippen molar-refractivity contribution in [3.05, 3.63) is 64.6 Å². The van der Waals surface area contributed by atoms with Gasteiger partial charge in [0, 0.05) is 12.4 Å². The molecule has 86 valence electrons. The normalized spacial score (nSPS) is 10.2. The number of aromatic nitrogens is 2. The maximum Gasteiger partial charge on any atom is 0.347 e. The number of ketones is 1. The van der Waals surface area contributed by atoms with E-state index in [-0.39, 0.29) is 12.1 Å². The van der Waals surface area contributed by atoms with E-state index in [1.165, 1.54) is 36.7 Å². The quantitative estimate of drug-likeness (QED) is 0.749. The van der Waals surface area contributed by atoms with Crippen molar-refractivity contribution >= 4 is 5.78 Å². The zero-order chi connectivity index (χ0) is 12.3. The highest BCUT2D eigenvalue weighted by Crippen LogP contribution is 2.07. The van der Waals surface area contributed by atoms with E-state index in [1.807, 2.05) is 0 Å². The molecular formula is C12H9FN2O2. The van der Waals surface area contributed by atoms with Gasteiger partial charge in [-0.15, -0.1) is 0 Å². The van der Waals surface area contributed by atoms with Gasteiger partial charge in [-0.2, -0.15) is 0 Å². The molecule has 0 saturated carbocycles. The largest absolute Gasteiger partial charge is 0.347 e. The van der Waals surface area contributed by atoms with Crippen LogP contribution in [0.3, 0.4) is 0 Å². The Bertz CT molecular complexity index is 607. The van der Waals surface area contributed by atoms with Gasteiger partial charge in [-0.3, -0.25) is 9.36 Å². The predicted octanol–water partition coefficient (Wildman–Crippen LogP) is 1.27. The molecule has 0 spiro atoms. The van der Waals surface area contributed by atoms with Crippen LogP contribution in [0, 0.1) is 5.82 Å². The van der Waals surface area contributed by atoms with Crippen molar-refractivity contribution in [2.45, 2.75) is 6.54 Å². The molecule has 2 rings (SSSR count). The van der Waals surface area contributed by atoms with Crippen molar-refractivity contribution in [1.82, 2.24) is 9.55 Å². The third-order valence-corrected chi connectivity index (χ3v) is 2.27. The van der Waals surface area contributed by atoms with E-state index in [0.29, 0.717) is 0 Å². The molecule has 1 aromatic heterocycles. The second-order valence-electron chi connectivity index (χ2n) is 3.43. The van der Waals surface area contributed by atoms with Crippen molar-refractivity contribution in [3.63, 3.8) is 0 Å². The van der Waals surface area contributed by atoms with Crippen molar-refractivity contribution in [2.24, 2.45) is 0 Å². The zero-order valence-corrected chi connectivity index (χ0v) is 8.84. The Balaban J connectivity index is 2.27. The highest BCUT2D eigenvalue weighted by atomic mass is 19.1. The summed E-state index contributed by atoms with van der Waals surface area (Å²) < 4.78 is 14.5. The second kappa shape index (κ2) is 4.69. The fourth-order valence-corrected chi connectivity index (χ4v) is 1.43. The number of Topliss-reactive ketones (excluding diaryl/α,β-unsaturated/α-hetero) is 1. The summed E-state index contributed by atoms with van der Waals surface area (Å²) in [6, 6.07) is 7.21. The van der Waals surface area contributed by atoms with Crippen LogP contribution in [0.4, 0.5) is 4.39 Å². The SMILES string of the molecule is O=C(Cn1cccnc1=O)c1ccccc1F. The smallest absolute Gasteiger partial charge is 0.292 e. The van der Waals surface area contributed by atoms with Crippen LogP contribution in [0.15, 0.2) is 47.5 Å². The Morgan fingerprint density at radius 2 is 2.06 bits per heavy atom. The van der Waals surface area contributed by atoms with Gasteiger partial charge < -0.3 is 0 Å². The number of hydrogen-bond acceptors (Lipinski definition) is 3. The summed E-state index contributed by atoms with van der Waals surface area (Å²) >= 11 is 0. The summed E-state index contributed by atoms with van der Waals surface area (Å²) in [4.78, 5) is 26.5. The number of rotatable bonds is 3. The molecule has 0 bridgehead atoms. The van der Waals surface area contributed by atoms with E-state index in [2.05, 4.69) is 4.98 Å². The van der Waals surface area contributed by atoms with Gasteiger partial charge in [0.15, 0.2) is 5.78 Å². The van der Waals surface area contributed by atoms with Gasteiger partial charge in [-0.25, -0.2) is 14.2 Å². The molecule has 2 aromatic rings. The molecule has 1 aromatic carbocycles. The first-order chi connectivity index (χ1) is 8.18.